The van der Waals surface area contributed by atoms with Crippen molar-refractivity contribution in [3.8, 4) is 0 Å². The van der Waals surface area contributed by atoms with Gasteiger partial charge in [-0.05, 0) is 0 Å². The van der Waals surface area contributed by atoms with E-state index in [2.05, 4.69) is 0 Å². The Bertz CT molecular complexity index is 44.1. The molecule has 0 aliphatic rings. The van der Waals surface area contributed by atoms with E-state index in [9.17, 15) is 15.3 Å². The van der Waals surface area contributed by atoms with Crippen molar-refractivity contribution in [1.82, 2.24) is 0 Å². The van der Waals surface area contributed by atoms with Crippen LogP contribution < -0.4 is 169 Å². The minimum Gasteiger partial charge on any atom is -0.876 e. The Morgan fingerprint density at radius 1 is 1.00 bits per heavy atom. The molecule has 0 bridgehead atoms. The molecule has 6 heteroatoms. The molecule has 0 unspecified atom stereocenters. The zero-order valence-corrected chi connectivity index (χ0v) is 15.8. The fourth-order valence-corrected chi connectivity index (χ4v) is 0. The molecule has 0 rings (SSSR count). The Morgan fingerprint density at radius 3 is 1.11 bits per heavy atom. The van der Waals surface area contributed by atoms with Gasteiger partial charge in [-0.3, -0.25) is 0 Å². The molecule has 0 heterocycles. The van der Waals surface area contributed by atoms with Crippen LogP contribution in [0.1, 0.15) is 13.3 Å². The third kappa shape index (κ3) is 24.5. The maximum absolute atomic E-state index is 9.36. The van der Waals surface area contributed by atoms with E-state index in [0.717, 1.165) is 0 Å². The van der Waals surface area contributed by atoms with Gasteiger partial charge < -0.3 is 21.3 Å². The molecule has 38 valence electrons. The first-order valence-electron chi connectivity index (χ1n) is 1.67. The Hall–Kier alpha value is 4.79. The van der Waals surface area contributed by atoms with Crippen LogP contribution in [0.2, 0.25) is 0 Å². The van der Waals surface area contributed by atoms with Crippen molar-refractivity contribution in [2.75, 3.05) is 0 Å². The van der Waals surface area contributed by atoms with E-state index in [-0.39, 0.29) is 154 Å². The van der Waals surface area contributed by atoms with Gasteiger partial charge in [0.25, 0.3) is 0 Å². The number of hydrogen-bond acceptors (Lipinski definition) is 3. The molecular weight excluding hydrogens is 201 g/mol. The Kier molecular flexibility index (Phi) is 33.4. The summed E-state index contributed by atoms with van der Waals surface area (Å²) in [6, 6.07) is 0. The predicted molar refractivity (Wildman–Crippen MR) is 13.0 cm³/mol. The molecule has 3 nitrogen and oxygen atoms in total. The Balaban J connectivity index is -0.0000000417. The first-order valence-corrected chi connectivity index (χ1v) is 1.67. The van der Waals surface area contributed by atoms with Crippen LogP contribution >= 0.6 is 0 Å². The summed E-state index contributed by atoms with van der Waals surface area (Å²) >= 11 is 0. The van der Waals surface area contributed by atoms with Crippen LogP contribution in [0.15, 0.2) is 0 Å². The summed E-state index contributed by atoms with van der Waals surface area (Å²) in [5, 5.41) is 28.1. The van der Waals surface area contributed by atoms with Gasteiger partial charge in [-0.1, -0.05) is 13.3 Å². The van der Waals surface area contributed by atoms with E-state index in [1.807, 2.05) is 0 Å². The van der Waals surface area contributed by atoms with E-state index < -0.39 is 12.4 Å². The summed E-state index contributed by atoms with van der Waals surface area (Å²) in [4.78, 5) is 0. The van der Waals surface area contributed by atoms with Gasteiger partial charge in [-0.2, -0.15) is 0 Å². The van der Waals surface area contributed by atoms with Gasteiger partial charge in [-0.15, -0.1) is 0 Å². The number of hydrogen-bond donors (Lipinski definition) is 0. The maximum atomic E-state index is 9.36. The van der Waals surface area contributed by atoms with Crippen molar-refractivity contribution < 1.29 is 169 Å². The van der Waals surface area contributed by atoms with Crippen LogP contribution in [-0.2, 0) is 0 Å². The molecule has 9 heavy (non-hydrogen) atoms. The monoisotopic (exact) mass is 206 g/mol. The van der Waals surface area contributed by atoms with Gasteiger partial charge in [0.15, 0.2) is 0 Å². The van der Waals surface area contributed by atoms with Gasteiger partial charge in [0.2, 0.25) is 0 Å². The quantitative estimate of drug-likeness (QED) is 0.316. The van der Waals surface area contributed by atoms with Crippen LogP contribution in [0.5, 0.6) is 0 Å². The fraction of sp³-hybridized carbons (Fsp3) is 1.00. The van der Waals surface area contributed by atoms with Crippen molar-refractivity contribution in [2.24, 2.45) is 0 Å². The molecule has 0 aromatic heterocycles. The van der Waals surface area contributed by atoms with E-state index in [4.69, 9.17) is 0 Å². The van der Waals surface area contributed by atoms with Crippen molar-refractivity contribution >= 4 is 0 Å². The standard InChI is InChI=1S/C3H5O3.3K/c1-2-3(4,5)6;;;/h2H2,1H3;;;/q-3;3*+1. The van der Waals surface area contributed by atoms with Gasteiger partial charge >= 0.3 is 154 Å². The molecule has 0 saturated heterocycles. The molecular formula is C3H5K3O3. The zero-order chi connectivity index (χ0) is 5.21. The Morgan fingerprint density at radius 2 is 1.11 bits per heavy atom. The zero-order valence-electron chi connectivity index (χ0n) is 6.43. The van der Waals surface area contributed by atoms with Crippen molar-refractivity contribution in [1.29, 1.82) is 0 Å². The van der Waals surface area contributed by atoms with Crippen LogP contribution in [0.4, 0.5) is 0 Å². The second kappa shape index (κ2) is 12.8. The maximum Gasteiger partial charge on any atom is 1.00 e. The average molecular weight is 206 g/mol. The van der Waals surface area contributed by atoms with Gasteiger partial charge in [0, 0.05) is 0 Å². The van der Waals surface area contributed by atoms with Gasteiger partial charge in [-0.25, -0.2) is 0 Å². The minimum atomic E-state index is -3.21. The third-order valence-corrected chi connectivity index (χ3v) is 0.433. The van der Waals surface area contributed by atoms with Crippen molar-refractivity contribution in [3.63, 3.8) is 0 Å². The Labute approximate surface area is 183 Å². The first-order chi connectivity index (χ1) is 2.56. The summed E-state index contributed by atoms with van der Waals surface area (Å²) < 4.78 is 0. The largest absolute Gasteiger partial charge is 1.00 e. The van der Waals surface area contributed by atoms with Crippen LogP contribution in [0.3, 0.4) is 0 Å². The van der Waals surface area contributed by atoms with Gasteiger partial charge in [0.1, 0.15) is 0 Å². The summed E-state index contributed by atoms with van der Waals surface area (Å²) in [7, 11) is 0. The fourth-order valence-electron chi connectivity index (χ4n) is 0. The summed E-state index contributed by atoms with van der Waals surface area (Å²) in [6.07, 6.45) is -0.396. The molecule has 0 radical (unpaired) electrons. The van der Waals surface area contributed by atoms with Crippen LogP contribution in [0.25, 0.3) is 0 Å². The van der Waals surface area contributed by atoms with E-state index in [0.29, 0.717) is 0 Å². The summed E-state index contributed by atoms with van der Waals surface area (Å²) in [5.74, 6) is -3.21. The van der Waals surface area contributed by atoms with Crippen LogP contribution in [-0.4, -0.2) is 5.97 Å². The molecule has 0 atom stereocenters. The molecule has 0 aromatic carbocycles. The smallest absolute Gasteiger partial charge is 0.876 e. The topological polar surface area (TPSA) is 69.2 Å². The van der Waals surface area contributed by atoms with E-state index in [1.165, 1.54) is 6.92 Å². The first kappa shape index (κ1) is 23.5. The molecule has 0 aliphatic carbocycles. The van der Waals surface area contributed by atoms with Crippen LogP contribution in [0, 0.1) is 0 Å². The molecule has 0 aliphatic heterocycles. The molecule has 0 amide bonds. The molecule has 0 N–H and O–H groups in total. The normalized spacial score (nSPS) is 8.00. The molecule has 0 spiro atoms. The summed E-state index contributed by atoms with van der Waals surface area (Å²) in [5.41, 5.74) is 0. The second-order valence-corrected chi connectivity index (χ2v) is 1.04. The SMILES string of the molecule is CCC([O-])([O-])[O-].[K+].[K+].[K+]. The molecule has 0 fully saturated rings. The average Bonchev–Trinajstić information content (AvgIpc) is 1.35. The van der Waals surface area contributed by atoms with E-state index >= 15 is 0 Å². The minimum absolute atomic E-state index is 0. The third-order valence-electron chi connectivity index (χ3n) is 0.433. The predicted octanol–water partition coefficient (Wildman–Crippen LogP) is -11.9. The molecule has 0 saturated carbocycles. The second-order valence-electron chi connectivity index (χ2n) is 1.04. The summed E-state index contributed by atoms with van der Waals surface area (Å²) in [6.45, 7) is 1.27. The molecule has 0 aromatic rings. The number of rotatable bonds is 1. The van der Waals surface area contributed by atoms with Gasteiger partial charge in [0.05, 0.1) is 0 Å². The van der Waals surface area contributed by atoms with E-state index in [1.54, 1.807) is 0 Å². The van der Waals surface area contributed by atoms with Crippen molar-refractivity contribution in [2.45, 2.75) is 19.3 Å². The van der Waals surface area contributed by atoms with Crippen molar-refractivity contribution in [3.05, 3.63) is 0 Å².